The first-order valence-electron chi connectivity index (χ1n) is 22.4. The standard InChI is InChI=1S/C46H86NO7P/c1-6-8-10-12-14-16-18-20-22-24-25-27-29-31-33-35-37-39-46(48)54-45(44-53-55(49,50)52-42-40-47(3,4)5)43-51-41-38-36-34-32-30-28-26-23-21-19-17-15-13-11-9-7-2/h16,18,22,24,27,29,33,35,45H,6-15,17,19-21,23,25-26,28,30-32,34,36-44H2,1-5H3/b18-16-,24-22-,29-27-,35-33-. The van der Waals surface area contributed by atoms with Crippen molar-refractivity contribution in [1.82, 2.24) is 0 Å². The molecule has 0 radical (unpaired) electrons. The van der Waals surface area contributed by atoms with Crippen molar-refractivity contribution >= 4 is 13.8 Å². The van der Waals surface area contributed by atoms with Gasteiger partial charge in [-0.1, -0.05) is 178 Å². The lowest BCUT2D eigenvalue weighted by atomic mass is 10.0. The molecule has 0 saturated carbocycles. The van der Waals surface area contributed by atoms with Crippen molar-refractivity contribution in [3.05, 3.63) is 48.6 Å². The smallest absolute Gasteiger partial charge is 0.306 e. The van der Waals surface area contributed by atoms with E-state index in [1.807, 2.05) is 33.3 Å². The summed E-state index contributed by atoms with van der Waals surface area (Å²) in [4.78, 5) is 25.0. The molecule has 55 heavy (non-hydrogen) atoms. The first-order valence-corrected chi connectivity index (χ1v) is 23.8. The Kier molecular flexibility index (Phi) is 38.2. The molecule has 0 aliphatic heterocycles. The van der Waals surface area contributed by atoms with E-state index in [0.717, 1.165) is 32.1 Å². The van der Waals surface area contributed by atoms with Crippen molar-refractivity contribution < 1.29 is 37.3 Å². The highest BCUT2D eigenvalue weighted by Gasteiger charge is 2.20. The van der Waals surface area contributed by atoms with E-state index in [4.69, 9.17) is 18.5 Å². The SMILES string of the molecule is CCCCCC/C=C\C/C=C\C/C=C\C/C=C\CCC(=O)OC(COCCCCCCCCCCCCCCCCCC)COP(=O)([O-])OCC[N+](C)(C)C. The summed E-state index contributed by atoms with van der Waals surface area (Å²) in [5, 5.41) is 0. The highest BCUT2D eigenvalue weighted by atomic mass is 31.2. The number of esters is 1. The van der Waals surface area contributed by atoms with Crippen LogP contribution in [0.15, 0.2) is 48.6 Å². The molecule has 2 unspecified atom stereocenters. The molecule has 0 saturated heterocycles. The number of quaternary nitrogens is 1. The second-order valence-corrected chi connectivity index (χ2v) is 17.5. The van der Waals surface area contributed by atoms with Crippen LogP contribution in [0.4, 0.5) is 0 Å². The number of hydrogen-bond donors (Lipinski definition) is 0. The largest absolute Gasteiger partial charge is 0.756 e. The Morgan fingerprint density at radius 3 is 1.49 bits per heavy atom. The van der Waals surface area contributed by atoms with Crippen LogP contribution in [0.5, 0.6) is 0 Å². The highest BCUT2D eigenvalue weighted by Crippen LogP contribution is 2.38. The molecular formula is C46H86NO7P. The van der Waals surface area contributed by atoms with E-state index in [1.54, 1.807) is 0 Å². The Morgan fingerprint density at radius 2 is 1.00 bits per heavy atom. The van der Waals surface area contributed by atoms with E-state index in [2.05, 4.69) is 50.3 Å². The average molecular weight is 796 g/mol. The van der Waals surface area contributed by atoms with Crippen molar-refractivity contribution in [1.29, 1.82) is 0 Å². The van der Waals surface area contributed by atoms with Gasteiger partial charge < -0.3 is 27.9 Å². The lowest BCUT2D eigenvalue weighted by Gasteiger charge is -2.28. The number of hydrogen-bond acceptors (Lipinski definition) is 7. The van der Waals surface area contributed by atoms with Crippen LogP contribution >= 0.6 is 7.82 Å². The van der Waals surface area contributed by atoms with Crippen LogP contribution in [0, 0.1) is 0 Å². The molecular weight excluding hydrogens is 709 g/mol. The first kappa shape index (κ1) is 53.5. The molecule has 0 heterocycles. The van der Waals surface area contributed by atoms with Crippen molar-refractivity contribution in [2.75, 3.05) is 54.1 Å². The summed E-state index contributed by atoms with van der Waals surface area (Å²) < 4.78 is 34.5. The number of phosphoric acid groups is 1. The van der Waals surface area contributed by atoms with Crippen LogP contribution < -0.4 is 4.89 Å². The number of likely N-dealkylation sites (N-methyl/N-ethyl adjacent to an activating group) is 1. The van der Waals surface area contributed by atoms with Crippen LogP contribution in [0.3, 0.4) is 0 Å². The van der Waals surface area contributed by atoms with Gasteiger partial charge in [0.2, 0.25) is 0 Å². The molecule has 0 aliphatic rings. The summed E-state index contributed by atoms with van der Waals surface area (Å²) in [5.41, 5.74) is 0. The summed E-state index contributed by atoms with van der Waals surface area (Å²) >= 11 is 0. The topological polar surface area (TPSA) is 94.1 Å². The lowest BCUT2D eigenvalue weighted by molar-refractivity contribution is -0.870. The predicted molar refractivity (Wildman–Crippen MR) is 231 cm³/mol. The van der Waals surface area contributed by atoms with Gasteiger partial charge in [0, 0.05) is 13.0 Å². The Labute approximate surface area is 339 Å². The zero-order chi connectivity index (χ0) is 40.6. The summed E-state index contributed by atoms with van der Waals surface area (Å²) in [6.07, 6.45) is 47.1. The second kappa shape index (κ2) is 39.3. The summed E-state index contributed by atoms with van der Waals surface area (Å²) in [7, 11) is 1.31. The van der Waals surface area contributed by atoms with Gasteiger partial charge in [0.1, 0.15) is 19.3 Å². The minimum atomic E-state index is -4.54. The molecule has 0 aromatic carbocycles. The van der Waals surface area contributed by atoms with Crippen LogP contribution in [0.1, 0.15) is 181 Å². The summed E-state index contributed by atoms with van der Waals surface area (Å²) in [6.45, 7) is 5.31. The van der Waals surface area contributed by atoms with Gasteiger partial charge in [-0.05, 0) is 44.9 Å². The molecule has 9 heteroatoms. The normalized spacial score (nSPS) is 14.2. The number of carbonyl (C=O) groups is 1. The lowest BCUT2D eigenvalue weighted by Crippen LogP contribution is -2.37. The van der Waals surface area contributed by atoms with Crippen molar-refractivity contribution in [2.45, 2.75) is 187 Å². The number of carbonyl (C=O) groups excluding carboxylic acids is 1. The number of allylic oxidation sites excluding steroid dienone is 8. The molecule has 322 valence electrons. The zero-order valence-electron chi connectivity index (χ0n) is 36.4. The van der Waals surface area contributed by atoms with Crippen LogP contribution in [0.2, 0.25) is 0 Å². The highest BCUT2D eigenvalue weighted by molar-refractivity contribution is 7.45. The van der Waals surface area contributed by atoms with E-state index in [-0.39, 0.29) is 26.2 Å². The van der Waals surface area contributed by atoms with E-state index >= 15 is 0 Å². The quantitative estimate of drug-likeness (QED) is 0.0200. The Bertz CT molecular complexity index is 1020. The summed E-state index contributed by atoms with van der Waals surface area (Å²) in [5.74, 6) is -0.411. The van der Waals surface area contributed by atoms with Gasteiger partial charge in [-0.15, -0.1) is 0 Å². The molecule has 0 bridgehead atoms. The number of nitrogens with zero attached hydrogens (tertiary/aromatic N) is 1. The maximum Gasteiger partial charge on any atom is 0.306 e. The molecule has 8 nitrogen and oxygen atoms in total. The van der Waals surface area contributed by atoms with Gasteiger partial charge in [-0.25, -0.2) is 0 Å². The maximum atomic E-state index is 12.6. The Hall–Kier alpha value is -1.54. The first-order chi connectivity index (χ1) is 26.6. The number of phosphoric ester groups is 1. The minimum absolute atomic E-state index is 0.0135. The van der Waals surface area contributed by atoms with Gasteiger partial charge in [0.25, 0.3) is 7.82 Å². The Morgan fingerprint density at radius 1 is 0.564 bits per heavy atom. The molecule has 0 spiro atoms. The fourth-order valence-corrected chi connectivity index (χ4v) is 6.63. The predicted octanol–water partition coefficient (Wildman–Crippen LogP) is 12.5. The molecule has 0 aliphatic carbocycles. The van der Waals surface area contributed by atoms with Gasteiger partial charge in [-0.2, -0.15) is 0 Å². The molecule has 0 aromatic heterocycles. The fraction of sp³-hybridized carbons (Fsp3) is 0.804. The van der Waals surface area contributed by atoms with E-state index in [0.29, 0.717) is 24.1 Å². The van der Waals surface area contributed by atoms with E-state index < -0.39 is 19.9 Å². The van der Waals surface area contributed by atoms with Crippen LogP contribution in [0.25, 0.3) is 0 Å². The fourth-order valence-electron chi connectivity index (χ4n) is 5.91. The van der Waals surface area contributed by atoms with Gasteiger partial charge in [0.05, 0.1) is 34.4 Å². The van der Waals surface area contributed by atoms with E-state index in [9.17, 15) is 14.3 Å². The Balaban J connectivity index is 4.34. The van der Waals surface area contributed by atoms with Crippen molar-refractivity contribution in [3.8, 4) is 0 Å². The molecule has 2 atom stereocenters. The van der Waals surface area contributed by atoms with Crippen molar-refractivity contribution in [3.63, 3.8) is 0 Å². The molecule has 0 N–H and O–H groups in total. The van der Waals surface area contributed by atoms with Crippen molar-refractivity contribution in [2.24, 2.45) is 0 Å². The second-order valence-electron chi connectivity index (χ2n) is 16.1. The van der Waals surface area contributed by atoms with Crippen LogP contribution in [-0.4, -0.2) is 70.7 Å². The third-order valence-electron chi connectivity index (χ3n) is 9.40. The third-order valence-corrected chi connectivity index (χ3v) is 10.4. The van der Waals surface area contributed by atoms with E-state index in [1.165, 1.54) is 122 Å². The number of unbranched alkanes of at least 4 members (excludes halogenated alkanes) is 19. The monoisotopic (exact) mass is 796 g/mol. The van der Waals surface area contributed by atoms with Gasteiger partial charge in [-0.3, -0.25) is 9.36 Å². The number of rotatable bonds is 41. The van der Waals surface area contributed by atoms with Crippen LogP contribution in [-0.2, 0) is 27.9 Å². The average Bonchev–Trinajstić information content (AvgIpc) is 3.13. The summed E-state index contributed by atoms with van der Waals surface area (Å²) in [6, 6.07) is 0. The van der Waals surface area contributed by atoms with Gasteiger partial charge >= 0.3 is 5.97 Å². The molecule has 0 fully saturated rings. The molecule has 0 aromatic rings. The maximum absolute atomic E-state index is 12.6. The zero-order valence-corrected chi connectivity index (χ0v) is 37.3. The molecule has 0 amide bonds. The minimum Gasteiger partial charge on any atom is -0.756 e. The number of ether oxygens (including phenoxy) is 2. The molecule has 0 rings (SSSR count). The third kappa shape index (κ3) is 43.4. The van der Waals surface area contributed by atoms with Gasteiger partial charge in [0.15, 0.2) is 0 Å².